The third-order valence-corrected chi connectivity index (χ3v) is 6.75. The number of nitrogens with one attached hydrogen (secondary N) is 1. The molecule has 2 aromatic heterocycles. The highest BCUT2D eigenvalue weighted by molar-refractivity contribution is 7.20. The fourth-order valence-electron chi connectivity index (χ4n) is 3.87. The maximum absolute atomic E-state index is 12.8. The molecule has 1 N–H and O–H groups in total. The number of amides is 1. The van der Waals surface area contributed by atoms with Gasteiger partial charge < -0.3 is 5.32 Å². The quantitative estimate of drug-likeness (QED) is 0.893. The number of fused-ring (bicyclic) bond motifs is 1. The Labute approximate surface area is 147 Å². The Balaban J connectivity index is 1.64. The molecule has 2 aliphatic carbocycles. The van der Waals surface area contributed by atoms with Gasteiger partial charge in [0.05, 0.1) is 10.6 Å². The lowest BCUT2D eigenvalue weighted by molar-refractivity contribution is 0.0914. The Kier molecular flexibility index (Phi) is 4.07. The van der Waals surface area contributed by atoms with Crippen molar-refractivity contribution in [1.29, 1.82) is 0 Å². The minimum atomic E-state index is 0.0709. The van der Waals surface area contributed by atoms with Crippen molar-refractivity contribution in [2.75, 3.05) is 0 Å². The molecule has 0 aromatic carbocycles. The van der Waals surface area contributed by atoms with E-state index < -0.39 is 0 Å². The van der Waals surface area contributed by atoms with Crippen molar-refractivity contribution in [3.05, 3.63) is 22.0 Å². The van der Waals surface area contributed by atoms with E-state index in [2.05, 4.69) is 17.2 Å². The molecule has 1 amide bonds. The van der Waals surface area contributed by atoms with Gasteiger partial charge in [0.15, 0.2) is 0 Å². The molecule has 0 saturated heterocycles. The van der Waals surface area contributed by atoms with Crippen LogP contribution in [0.2, 0.25) is 0 Å². The molecule has 2 atom stereocenters. The van der Waals surface area contributed by atoms with Crippen LogP contribution < -0.4 is 5.32 Å². The first-order valence-electron chi connectivity index (χ1n) is 9.13. The highest BCUT2D eigenvalue weighted by Crippen LogP contribution is 2.40. The molecule has 5 heteroatoms. The Hall–Kier alpha value is -1.49. The second-order valence-electron chi connectivity index (χ2n) is 7.52. The van der Waals surface area contributed by atoms with Gasteiger partial charge in [-0.2, -0.15) is 0 Å². The van der Waals surface area contributed by atoms with Gasteiger partial charge in [0.1, 0.15) is 10.7 Å². The summed E-state index contributed by atoms with van der Waals surface area (Å²) < 4.78 is 0. The molecule has 0 aliphatic heterocycles. The second-order valence-corrected chi connectivity index (χ2v) is 8.52. The summed E-state index contributed by atoms with van der Waals surface area (Å²) in [6, 6.07) is 0.310. The highest BCUT2D eigenvalue weighted by atomic mass is 32.1. The number of nitrogens with zero attached hydrogens (tertiary/aromatic N) is 2. The summed E-state index contributed by atoms with van der Waals surface area (Å²) in [4.78, 5) is 24.1. The fourth-order valence-corrected chi connectivity index (χ4v) is 5.01. The number of carbonyl (C=O) groups excluding carboxylic acids is 1. The molecule has 24 heavy (non-hydrogen) atoms. The lowest BCUT2D eigenvalue weighted by atomic mass is 9.86. The number of carbonyl (C=O) groups is 1. The van der Waals surface area contributed by atoms with E-state index in [0.717, 1.165) is 38.6 Å². The maximum atomic E-state index is 12.8. The predicted octanol–water partition coefficient (Wildman–Crippen LogP) is 4.49. The van der Waals surface area contributed by atoms with Crippen LogP contribution >= 0.6 is 11.3 Å². The van der Waals surface area contributed by atoms with Gasteiger partial charge in [-0.25, -0.2) is 9.97 Å². The highest BCUT2D eigenvalue weighted by Gasteiger charge is 2.29. The van der Waals surface area contributed by atoms with E-state index >= 15 is 0 Å². The number of rotatable bonds is 3. The van der Waals surface area contributed by atoms with Crippen LogP contribution in [0.15, 0.2) is 0 Å². The van der Waals surface area contributed by atoms with Crippen molar-refractivity contribution >= 4 is 27.5 Å². The van der Waals surface area contributed by atoms with Gasteiger partial charge in [-0.15, -0.1) is 11.3 Å². The van der Waals surface area contributed by atoms with Crippen LogP contribution in [-0.2, 0) is 0 Å². The summed E-state index contributed by atoms with van der Waals surface area (Å²) in [5.41, 5.74) is 2.05. The van der Waals surface area contributed by atoms with E-state index in [-0.39, 0.29) is 5.91 Å². The van der Waals surface area contributed by atoms with Gasteiger partial charge in [0, 0.05) is 17.3 Å². The molecule has 4 rings (SSSR count). The molecular formula is C19H25N3OS. The molecule has 128 valence electrons. The van der Waals surface area contributed by atoms with Crippen LogP contribution in [0.1, 0.15) is 78.1 Å². The minimum absolute atomic E-state index is 0.0709. The molecule has 4 nitrogen and oxygen atoms in total. The van der Waals surface area contributed by atoms with E-state index in [1.165, 1.54) is 43.4 Å². The standard InChI is InChI=1S/C19H25N3OS/c1-10-6-4-5-7-14(10)21-18(23)16-11(2)15-12(3)20-17(13-8-9-13)22-19(15)24-16/h10,13-14H,4-9H2,1-3H3,(H,21,23). The van der Waals surface area contributed by atoms with Gasteiger partial charge in [-0.3, -0.25) is 4.79 Å². The average molecular weight is 343 g/mol. The molecule has 2 saturated carbocycles. The summed E-state index contributed by atoms with van der Waals surface area (Å²) in [5, 5.41) is 4.35. The lowest BCUT2D eigenvalue weighted by Gasteiger charge is -2.29. The zero-order valence-corrected chi connectivity index (χ0v) is 15.5. The molecule has 2 aromatic rings. The van der Waals surface area contributed by atoms with Gasteiger partial charge >= 0.3 is 0 Å². The zero-order valence-electron chi connectivity index (χ0n) is 14.7. The lowest BCUT2D eigenvalue weighted by Crippen LogP contribution is -2.40. The van der Waals surface area contributed by atoms with Crippen molar-refractivity contribution in [1.82, 2.24) is 15.3 Å². The summed E-state index contributed by atoms with van der Waals surface area (Å²) in [6.45, 7) is 6.32. The Morgan fingerprint density at radius 2 is 1.88 bits per heavy atom. The van der Waals surface area contributed by atoms with E-state index in [9.17, 15) is 4.79 Å². The van der Waals surface area contributed by atoms with Crippen molar-refractivity contribution in [2.45, 2.75) is 71.3 Å². The topological polar surface area (TPSA) is 54.9 Å². The molecule has 2 fully saturated rings. The van der Waals surface area contributed by atoms with Crippen LogP contribution in [0.3, 0.4) is 0 Å². The van der Waals surface area contributed by atoms with Crippen LogP contribution in [0.25, 0.3) is 10.2 Å². The number of aromatic nitrogens is 2. The Morgan fingerprint density at radius 1 is 1.12 bits per heavy atom. The number of hydrogen-bond donors (Lipinski definition) is 1. The molecular weight excluding hydrogens is 318 g/mol. The van der Waals surface area contributed by atoms with Crippen molar-refractivity contribution < 1.29 is 4.79 Å². The first kappa shape index (κ1) is 16.0. The third kappa shape index (κ3) is 2.83. The van der Waals surface area contributed by atoms with Crippen molar-refractivity contribution in [3.63, 3.8) is 0 Å². The van der Waals surface area contributed by atoms with Crippen molar-refractivity contribution in [2.24, 2.45) is 5.92 Å². The Morgan fingerprint density at radius 3 is 2.58 bits per heavy atom. The Bertz CT molecular complexity index is 793. The monoisotopic (exact) mass is 343 g/mol. The van der Waals surface area contributed by atoms with Gasteiger partial charge in [0.2, 0.25) is 0 Å². The maximum Gasteiger partial charge on any atom is 0.261 e. The van der Waals surface area contributed by atoms with Crippen molar-refractivity contribution in [3.8, 4) is 0 Å². The second kappa shape index (κ2) is 6.10. The van der Waals surface area contributed by atoms with Gasteiger partial charge in [-0.05, 0) is 51.0 Å². The third-order valence-electron chi connectivity index (χ3n) is 5.57. The zero-order chi connectivity index (χ0) is 16.8. The molecule has 2 aliphatic rings. The first-order chi connectivity index (χ1) is 11.5. The van der Waals surface area contributed by atoms with E-state index in [4.69, 9.17) is 4.98 Å². The summed E-state index contributed by atoms with van der Waals surface area (Å²) in [6.07, 6.45) is 7.21. The number of thiophene rings is 1. The van der Waals surface area contributed by atoms with Crippen LogP contribution in [0, 0.1) is 19.8 Å². The van der Waals surface area contributed by atoms with E-state index in [1.807, 2.05) is 13.8 Å². The summed E-state index contributed by atoms with van der Waals surface area (Å²) in [7, 11) is 0. The fraction of sp³-hybridized carbons (Fsp3) is 0.632. The summed E-state index contributed by atoms with van der Waals surface area (Å²) in [5.74, 6) is 2.15. The first-order valence-corrected chi connectivity index (χ1v) is 9.94. The molecule has 2 heterocycles. The van der Waals surface area contributed by atoms with Crippen LogP contribution in [-0.4, -0.2) is 21.9 Å². The van der Waals surface area contributed by atoms with Gasteiger partial charge in [0.25, 0.3) is 5.91 Å². The molecule has 0 spiro atoms. The SMILES string of the molecule is Cc1nc(C2CC2)nc2sc(C(=O)NC3CCCCC3C)c(C)c12. The van der Waals surface area contributed by atoms with Crippen LogP contribution in [0.5, 0.6) is 0 Å². The van der Waals surface area contributed by atoms with E-state index in [1.54, 1.807) is 0 Å². The normalized spacial score (nSPS) is 24.3. The number of hydrogen-bond acceptors (Lipinski definition) is 4. The van der Waals surface area contributed by atoms with Crippen LogP contribution in [0.4, 0.5) is 0 Å². The minimum Gasteiger partial charge on any atom is -0.348 e. The molecule has 0 bridgehead atoms. The number of aryl methyl sites for hydroxylation is 2. The molecule has 2 unspecified atom stereocenters. The summed E-state index contributed by atoms with van der Waals surface area (Å²) >= 11 is 1.53. The average Bonchev–Trinajstić information content (AvgIpc) is 3.34. The largest absolute Gasteiger partial charge is 0.348 e. The molecule has 0 radical (unpaired) electrons. The smallest absolute Gasteiger partial charge is 0.261 e. The van der Waals surface area contributed by atoms with Gasteiger partial charge in [-0.1, -0.05) is 19.8 Å². The van der Waals surface area contributed by atoms with E-state index in [0.29, 0.717) is 17.9 Å². The predicted molar refractivity (Wildman–Crippen MR) is 97.8 cm³/mol.